The topological polar surface area (TPSA) is 64.8 Å². The van der Waals surface area contributed by atoms with Gasteiger partial charge in [0.05, 0.1) is 5.69 Å². The zero-order valence-electron chi connectivity index (χ0n) is 11.1. The zero-order chi connectivity index (χ0) is 13.8. The molecule has 0 saturated heterocycles. The average Bonchev–Trinajstić information content (AvgIpc) is 2.90. The van der Waals surface area contributed by atoms with Crippen LogP contribution in [0.5, 0.6) is 0 Å². The molecule has 1 aliphatic rings. The van der Waals surface area contributed by atoms with Crippen LogP contribution in [0.2, 0.25) is 0 Å². The summed E-state index contributed by atoms with van der Waals surface area (Å²) in [5.74, 6) is 0.840. The van der Waals surface area contributed by atoms with Crippen LogP contribution in [0.3, 0.4) is 0 Å². The van der Waals surface area contributed by atoms with E-state index in [0.29, 0.717) is 11.7 Å². The van der Waals surface area contributed by atoms with E-state index in [2.05, 4.69) is 38.3 Å². The van der Waals surface area contributed by atoms with Gasteiger partial charge in [-0.25, -0.2) is 0 Å². The van der Waals surface area contributed by atoms with Gasteiger partial charge < -0.3 is 16.0 Å². The number of hydrogen-bond donors (Lipinski definition) is 4. The second kappa shape index (κ2) is 6.02. The average molecular weight is 287 g/mol. The lowest BCUT2D eigenvalue weighted by molar-refractivity contribution is 0.633. The number of benzene rings is 1. The highest BCUT2D eigenvalue weighted by Gasteiger charge is 2.16. The smallest absolute Gasteiger partial charge is 0.172 e. The van der Waals surface area contributed by atoms with Crippen LogP contribution in [-0.2, 0) is 19.5 Å². The number of fused-ring (bicyclic) bond motifs is 1. The summed E-state index contributed by atoms with van der Waals surface area (Å²) in [7, 11) is 0. The van der Waals surface area contributed by atoms with Crippen LogP contribution in [0, 0.1) is 0 Å². The van der Waals surface area contributed by atoms with Gasteiger partial charge in [0.1, 0.15) is 0 Å². The lowest BCUT2D eigenvalue weighted by Crippen LogP contribution is -2.29. The van der Waals surface area contributed by atoms with E-state index in [1.54, 1.807) is 0 Å². The molecule has 0 amide bonds. The molecule has 5 nitrogen and oxygen atoms in total. The van der Waals surface area contributed by atoms with Gasteiger partial charge in [-0.2, -0.15) is 5.10 Å². The van der Waals surface area contributed by atoms with Gasteiger partial charge in [-0.05, 0) is 30.7 Å². The Hall–Kier alpha value is -1.92. The van der Waals surface area contributed by atoms with Crippen LogP contribution in [0.1, 0.15) is 16.8 Å². The molecule has 0 unspecified atom stereocenters. The van der Waals surface area contributed by atoms with E-state index >= 15 is 0 Å². The fourth-order valence-electron chi connectivity index (χ4n) is 2.28. The van der Waals surface area contributed by atoms with E-state index in [1.165, 1.54) is 11.1 Å². The summed E-state index contributed by atoms with van der Waals surface area (Å²) in [6, 6.07) is 10.2. The highest BCUT2D eigenvalue weighted by Crippen LogP contribution is 2.19. The van der Waals surface area contributed by atoms with E-state index in [-0.39, 0.29) is 0 Å². The lowest BCUT2D eigenvalue weighted by atomic mass is 10.1. The maximum Gasteiger partial charge on any atom is 0.172 e. The molecule has 0 atom stereocenters. The maximum atomic E-state index is 5.31. The Morgan fingerprint density at radius 3 is 3.00 bits per heavy atom. The Balaban J connectivity index is 1.58. The third-order valence-electron chi connectivity index (χ3n) is 3.33. The number of H-pyrrole nitrogens is 1. The first-order valence-corrected chi connectivity index (χ1v) is 7.09. The van der Waals surface area contributed by atoms with Gasteiger partial charge in [-0.1, -0.05) is 30.3 Å². The highest BCUT2D eigenvalue weighted by molar-refractivity contribution is 7.80. The van der Waals surface area contributed by atoms with Gasteiger partial charge in [0.2, 0.25) is 0 Å². The number of rotatable bonds is 3. The van der Waals surface area contributed by atoms with Crippen molar-refractivity contribution in [2.75, 3.05) is 11.9 Å². The van der Waals surface area contributed by atoms with Gasteiger partial charge >= 0.3 is 0 Å². The fraction of sp³-hybridized carbons (Fsp3) is 0.286. The summed E-state index contributed by atoms with van der Waals surface area (Å²) < 4.78 is 0. The van der Waals surface area contributed by atoms with Gasteiger partial charge in [0, 0.05) is 18.7 Å². The number of thiocarbonyl (C=S) groups is 1. The van der Waals surface area contributed by atoms with Crippen LogP contribution in [0.4, 0.5) is 5.82 Å². The second-order valence-corrected chi connectivity index (χ2v) is 5.16. The molecule has 2 aromatic rings. The minimum atomic E-state index is 0.599. The third-order valence-corrected chi connectivity index (χ3v) is 3.58. The van der Waals surface area contributed by atoms with Crippen molar-refractivity contribution in [3.63, 3.8) is 0 Å². The molecule has 1 aliphatic heterocycles. The molecule has 4 N–H and O–H groups in total. The van der Waals surface area contributed by atoms with E-state index in [0.717, 1.165) is 31.0 Å². The SMILES string of the molecule is S=C(NCc1ccccc1)Nc1n[nH]c2c1CCNC2. The fourth-order valence-corrected chi connectivity index (χ4v) is 2.45. The molecule has 0 radical (unpaired) electrons. The van der Waals surface area contributed by atoms with Crippen molar-refractivity contribution in [3.05, 3.63) is 47.2 Å². The van der Waals surface area contributed by atoms with Crippen molar-refractivity contribution >= 4 is 23.1 Å². The zero-order valence-corrected chi connectivity index (χ0v) is 11.9. The minimum absolute atomic E-state index is 0.599. The van der Waals surface area contributed by atoms with Crippen LogP contribution >= 0.6 is 12.2 Å². The molecule has 2 heterocycles. The molecule has 3 rings (SSSR count). The molecule has 20 heavy (non-hydrogen) atoms. The molecule has 104 valence electrons. The summed E-state index contributed by atoms with van der Waals surface area (Å²) in [6.07, 6.45) is 0.968. The van der Waals surface area contributed by atoms with Crippen molar-refractivity contribution in [3.8, 4) is 0 Å². The van der Waals surface area contributed by atoms with Crippen molar-refractivity contribution in [1.29, 1.82) is 0 Å². The number of aromatic nitrogens is 2. The number of nitrogens with one attached hydrogen (secondary N) is 4. The van der Waals surface area contributed by atoms with Crippen molar-refractivity contribution < 1.29 is 0 Å². The van der Waals surface area contributed by atoms with E-state index in [4.69, 9.17) is 12.2 Å². The third kappa shape index (κ3) is 2.97. The quantitative estimate of drug-likeness (QED) is 0.645. The van der Waals surface area contributed by atoms with Gasteiger partial charge in [-0.15, -0.1) is 0 Å². The molecular weight excluding hydrogens is 270 g/mol. The first-order valence-electron chi connectivity index (χ1n) is 6.68. The van der Waals surface area contributed by atoms with Crippen LogP contribution in [0.15, 0.2) is 30.3 Å². The van der Waals surface area contributed by atoms with Crippen LogP contribution in [-0.4, -0.2) is 21.9 Å². The molecule has 0 aliphatic carbocycles. The van der Waals surface area contributed by atoms with Crippen molar-refractivity contribution in [2.45, 2.75) is 19.5 Å². The second-order valence-electron chi connectivity index (χ2n) is 4.75. The summed E-state index contributed by atoms with van der Waals surface area (Å²) in [4.78, 5) is 0. The molecule has 0 spiro atoms. The molecule has 1 aromatic heterocycles. The van der Waals surface area contributed by atoms with Gasteiger partial charge in [0.15, 0.2) is 10.9 Å². The Labute approximate surface area is 123 Å². The Morgan fingerprint density at radius 1 is 1.30 bits per heavy atom. The molecule has 0 saturated carbocycles. The number of hydrogen-bond acceptors (Lipinski definition) is 3. The number of aromatic amines is 1. The van der Waals surface area contributed by atoms with Crippen LogP contribution < -0.4 is 16.0 Å². The van der Waals surface area contributed by atoms with Crippen LogP contribution in [0.25, 0.3) is 0 Å². The Morgan fingerprint density at radius 2 is 2.15 bits per heavy atom. The van der Waals surface area contributed by atoms with Gasteiger partial charge in [0.25, 0.3) is 0 Å². The Kier molecular flexibility index (Phi) is 3.94. The molecular formula is C14H17N5S. The summed E-state index contributed by atoms with van der Waals surface area (Å²) in [5, 5.41) is 17.6. The first-order chi connectivity index (χ1) is 9.83. The maximum absolute atomic E-state index is 5.31. The predicted molar refractivity (Wildman–Crippen MR) is 83.5 cm³/mol. The first kappa shape index (κ1) is 13.1. The van der Waals surface area contributed by atoms with E-state index < -0.39 is 0 Å². The van der Waals surface area contributed by atoms with E-state index in [9.17, 15) is 0 Å². The van der Waals surface area contributed by atoms with Gasteiger partial charge in [-0.3, -0.25) is 5.10 Å². The monoisotopic (exact) mass is 287 g/mol. The molecule has 0 fully saturated rings. The molecule has 6 heteroatoms. The summed E-state index contributed by atoms with van der Waals surface area (Å²) in [6.45, 7) is 2.53. The Bertz CT molecular complexity index is 593. The van der Waals surface area contributed by atoms with E-state index in [1.807, 2.05) is 18.2 Å². The molecule has 1 aromatic carbocycles. The van der Waals surface area contributed by atoms with Crippen molar-refractivity contribution in [2.24, 2.45) is 0 Å². The summed E-state index contributed by atoms with van der Waals surface area (Å²) >= 11 is 5.31. The number of anilines is 1. The largest absolute Gasteiger partial charge is 0.358 e. The minimum Gasteiger partial charge on any atom is -0.358 e. The molecule has 0 bridgehead atoms. The lowest BCUT2D eigenvalue weighted by Gasteiger charge is -2.14. The highest BCUT2D eigenvalue weighted by atomic mass is 32.1. The standard InChI is InChI=1S/C14H17N5S/c20-14(16-8-10-4-2-1-3-5-10)17-13-11-6-7-15-9-12(11)18-19-13/h1-5,15H,6-9H2,(H3,16,17,18,19,20). The predicted octanol–water partition coefficient (Wildman–Crippen LogP) is 1.54. The summed E-state index contributed by atoms with van der Waals surface area (Å²) in [5.41, 5.74) is 3.57. The van der Waals surface area contributed by atoms with Crippen molar-refractivity contribution in [1.82, 2.24) is 20.8 Å². The number of nitrogens with zero attached hydrogens (tertiary/aromatic N) is 1. The normalized spacial score (nSPS) is 13.6.